The summed E-state index contributed by atoms with van der Waals surface area (Å²) < 4.78 is 5.28. The van der Waals surface area contributed by atoms with Crippen LogP contribution in [0.25, 0.3) is 0 Å². The Kier molecular flexibility index (Phi) is 1.45. The van der Waals surface area contributed by atoms with Crippen molar-refractivity contribution in [2.45, 2.75) is 0 Å². The number of anilines is 1. The van der Waals surface area contributed by atoms with Gasteiger partial charge in [-0.2, -0.15) is 5.26 Å². The lowest BCUT2D eigenvalue weighted by molar-refractivity contribution is 0.528. The van der Waals surface area contributed by atoms with Crippen LogP contribution in [0.1, 0.15) is 5.76 Å². The molecule has 0 radical (unpaired) electrons. The lowest BCUT2D eigenvalue weighted by atomic mass is 10.4. The summed E-state index contributed by atoms with van der Waals surface area (Å²) in [5.74, 6) is 0.155. The molecule has 1 heterocycles. The normalized spacial score (nSPS) is 8.89. The van der Waals surface area contributed by atoms with Crippen LogP contribution in [0.3, 0.4) is 0 Å². The topological polar surface area (TPSA) is 63.0 Å². The molecule has 1 aromatic heterocycles. The molecule has 1 rings (SSSR count). The number of hydrogen-bond acceptors (Lipinski definition) is 3. The molecule has 0 aromatic carbocycles. The first kappa shape index (κ1) is 6.17. The number of nitrogens with two attached hydrogens (primary N) is 1. The van der Waals surface area contributed by atoms with Crippen molar-refractivity contribution < 1.29 is 4.42 Å². The number of furan rings is 1. The second-order valence-electron chi connectivity index (χ2n) is 1.45. The Hall–Kier alpha value is -0.950. The lowest BCUT2D eigenvalue weighted by Crippen LogP contribution is -1.81. The summed E-state index contributed by atoms with van der Waals surface area (Å²) >= 11 is 3.03. The van der Waals surface area contributed by atoms with E-state index in [0.29, 0.717) is 10.4 Å². The predicted molar refractivity (Wildman–Crippen MR) is 35.5 cm³/mol. The number of nitrogens with zero attached hydrogens (tertiary/aromatic N) is 1. The van der Waals surface area contributed by atoms with Crippen LogP contribution in [0, 0.1) is 11.3 Å². The predicted octanol–water partition coefficient (Wildman–Crippen LogP) is 1.50. The smallest absolute Gasteiger partial charge is 0.227 e. The van der Waals surface area contributed by atoms with Gasteiger partial charge in [0.25, 0.3) is 0 Å². The lowest BCUT2D eigenvalue weighted by Gasteiger charge is -1.77. The van der Waals surface area contributed by atoms with Gasteiger partial charge in [0.1, 0.15) is 6.07 Å². The maximum absolute atomic E-state index is 8.29. The molecule has 0 unspecified atom stereocenters. The molecular formula is C5H3BrN2O. The third-order valence-electron chi connectivity index (χ3n) is 0.832. The van der Waals surface area contributed by atoms with Crippen molar-refractivity contribution in [3.63, 3.8) is 0 Å². The molecule has 3 nitrogen and oxygen atoms in total. The van der Waals surface area contributed by atoms with E-state index in [9.17, 15) is 0 Å². The monoisotopic (exact) mass is 186 g/mol. The number of halogens is 1. The molecule has 0 bridgehead atoms. The first-order chi connectivity index (χ1) is 4.24. The van der Waals surface area contributed by atoms with Gasteiger partial charge in [0.05, 0.1) is 5.69 Å². The van der Waals surface area contributed by atoms with Crippen molar-refractivity contribution >= 4 is 21.6 Å². The van der Waals surface area contributed by atoms with Crippen molar-refractivity contribution in [1.29, 1.82) is 5.26 Å². The molecule has 0 aliphatic carbocycles. The zero-order valence-electron chi connectivity index (χ0n) is 4.39. The van der Waals surface area contributed by atoms with E-state index in [-0.39, 0.29) is 5.76 Å². The molecule has 0 amide bonds. The minimum absolute atomic E-state index is 0.155. The molecule has 46 valence electrons. The number of nitriles is 1. The molecule has 0 fully saturated rings. The van der Waals surface area contributed by atoms with Crippen molar-refractivity contribution in [3.05, 3.63) is 16.5 Å². The average molecular weight is 187 g/mol. The van der Waals surface area contributed by atoms with Crippen LogP contribution >= 0.6 is 15.9 Å². The third-order valence-corrected chi connectivity index (χ3v) is 1.22. The van der Waals surface area contributed by atoms with E-state index in [1.54, 1.807) is 12.1 Å². The molecule has 0 saturated heterocycles. The summed E-state index contributed by atoms with van der Waals surface area (Å²) in [6, 6.07) is 3.33. The maximum atomic E-state index is 8.29. The van der Waals surface area contributed by atoms with E-state index in [0.717, 1.165) is 0 Å². The molecule has 0 saturated carbocycles. The first-order valence-electron chi connectivity index (χ1n) is 2.19. The van der Waals surface area contributed by atoms with E-state index in [1.807, 2.05) is 0 Å². The summed E-state index contributed by atoms with van der Waals surface area (Å²) in [6.45, 7) is 0. The SMILES string of the molecule is N#Cc1oc(Br)cc1N. The molecular weight excluding hydrogens is 184 g/mol. The zero-order chi connectivity index (χ0) is 6.85. The highest BCUT2D eigenvalue weighted by Crippen LogP contribution is 2.20. The van der Waals surface area contributed by atoms with E-state index in [4.69, 9.17) is 15.4 Å². The number of hydrogen-bond donors (Lipinski definition) is 1. The molecule has 2 N–H and O–H groups in total. The van der Waals surface area contributed by atoms with Crippen LogP contribution in [-0.2, 0) is 0 Å². The standard InChI is InChI=1S/C5H3BrN2O/c6-5-1-3(8)4(2-7)9-5/h1H,8H2. The summed E-state index contributed by atoms with van der Waals surface area (Å²) in [5, 5.41) is 8.29. The van der Waals surface area contributed by atoms with Crippen LogP contribution in [0.2, 0.25) is 0 Å². The van der Waals surface area contributed by atoms with Crippen LogP contribution in [0.5, 0.6) is 0 Å². The van der Waals surface area contributed by atoms with E-state index in [2.05, 4.69) is 15.9 Å². The first-order valence-corrected chi connectivity index (χ1v) is 2.98. The van der Waals surface area contributed by atoms with Gasteiger partial charge < -0.3 is 10.2 Å². The zero-order valence-corrected chi connectivity index (χ0v) is 5.97. The molecule has 1 aromatic rings. The molecule has 0 aliphatic rings. The van der Waals surface area contributed by atoms with Crippen LogP contribution < -0.4 is 5.73 Å². The van der Waals surface area contributed by atoms with Crippen molar-refractivity contribution in [3.8, 4) is 6.07 Å². The second-order valence-corrected chi connectivity index (χ2v) is 2.23. The van der Waals surface area contributed by atoms with Gasteiger partial charge in [-0.25, -0.2) is 0 Å². The van der Waals surface area contributed by atoms with E-state index in [1.165, 1.54) is 0 Å². The Morgan fingerprint density at radius 3 is 2.67 bits per heavy atom. The van der Waals surface area contributed by atoms with Crippen LogP contribution in [-0.4, -0.2) is 0 Å². The van der Waals surface area contributed by atoms with Gasteiger partial charge in [0, 0.05) is 6.07 Å². The summed E-state index contributed by atoms with van der Waals surface area (Å²) in [6.07, 6.45) is 0. The van der Waals surface area contributed by atoms with Crippen molar-refractivity contribution in [1.82, 2.24) is 0 Å². The van der Waals surface area contributed by atoms with Gasteiger partial charge in [-0.3, -0.25) is 0 Å². The minimum atomic E-state index is 0.155. The largest absolute Gasteiger partial charge is 0.437 e. The van der Waals surface area contributed by atoms with Gasteiger partial charge in [-0.15, -0.1) is 0 Å². The van der Waals surface area contributed by atoms with Gasteiger partial charge in [-0.1, -0.05) is 0 Å². The Morgan fingerprint density at radius 1 is 1.78 bits per heavy atom. The Bertz CT molecular complexity index is 260. The van der Waals surface area contributed by atoms with Crippen molar-refractivity contribution in [2.24, 2.45) is 0 Å². The van der Waals surface area contributed by atoms with Gasteiger partial charge in [0.2, 0.25) is 5.76 Å². The number of nitrogen functional groups attached to an aromatic ring is 1. The molecule has 4 heteroatoms. The Labute approximate surface area is 60.2 Å². The molecule has 0 aliphatic heterocycles. The minimum Gasteiger partial charge on any atom is -0.437 e. The van der Waals surface area contributed by atoms with Gasteiger partial charge in [0.15, 0.2) is 4.67 Å². The Balaban J connectivity index is 3.20. The summed E-state index contributed by atoms with van der Waals surface area (Å²) in [5.41, 5.74) is 5.67. The number of rotatable bonds is 0. The maximum Gasteiger partial charge on any atom is 0.227 e. The fourth-order valence-corrected chi connectivity index (χ4v) is 0.870. The van der Waals surface area contributed by atoms with Crippen molar-refractivity contribution in [2.75, 3.05) is 5.73 Å². The molecule has 0 spiro atoms. The molecule has 9 heavy (non-hydrogen) atoms. The van der Waals surface area contributed by atoms with Crippen LogP contribution in [0.4, 0.5) is 5.69 Å². The van der Waals surface area contributed by atoms with Gasteiger partial charge >= 0.3 is 0 Å². The highest BCUT2D eigenvalue weighted by molar-refractivity contribution is 9.10. The fraction of sp³-hybridized carbons (Fsp3) is 0. The van der Waals surface area contributed by atoms with Gasteiger partial charge in [-0.05, 0) is 15.9 Å². The van der Waals surface area contributed by atoms with E-state index < -0.39 is 0 Å². The second kappa shape index (κ2) is 2.11. The quantitative estimate of drug-likeness (QED) is 0.669. The molecule has 0 atom stereocenters. The highest BCUT2D eigenvalue weighted by Gasteiger charge is 2.03. The van der Waals surface area contributed by atoms with E-state index >= 15 is 0 Å². The van der Waals surface area contributed by atoms with Crippen LogP contribution in [0.15, 0.2) is 15.2 Å². The fourth-order valence-electron chi connectivity index (χ4n) is 0.461. The average Bonchev–Trinajstić information content (AvgIpc) is 2.10. The summed E-state index contributed by atoms with van der Waals surface area (Å²) in [7, 11) is 0. The summed E-state index contributed by atoms with van der Waals surface area (Å²) in [4.78, 5) is 0. The third kappa shape index (κ3) is 1.06. The highest BCUT2D eigenvalue weighted by atomic mass is 79.9. The Morgan fingerprint density at radius 2 is 2.44 bits per heavy atom.